The molecule has 1 rings (SSSR count). The van der Waals surface area contributed by atoms with Gasteiger partial charge in [0, 0.05) is 16.9 Å². The molecule has 0 aliphatic heterocycles. The summed E-state index contributed by atoms with van der Waals surface area (Å²) >= 11 is 0. The van der Waals surface area contributed by atoms with Crippen molar-refractivity contribution < 1.29 is 4.92 Å². The van der Waals surface area contributed by atoms with Crippen LogP contribution in [0.5, 0.6) is 0 Å². The fourth-order valence-corrected chi connectivity index (χ4v) is 1.12. The number of nitrogens with zero attached hydrogens (tertiary/aromatic N) is 2. The average molecular weight is 202 g/mol. The minimum Gasteiger partial charge on any atom is -0.265 e. The fraction of sp³-hybridized carbons (Fsp3) is 0.182. The second-order valence-electron chi connectivity index (χ2n) is 3.00. The van der Waals surface area contributed by atoms with Crippen molar-refractivity contribution in [3.63, 3.8) is 0 Å². The van der Waals surface area contributed by atoms with Crippen molar-refractivity contribution in [1.82, 2.24) is 0 Å². The van der Waals surface area contributed by atoms with Gasteiger partial charge in [0.25, 0.3) is 0 Å². The van der Waals surface area contributed by atoms with E-state index in [4.69, 9.17) is 5.26 Å². The number of hydrogen-bond acceptors (Lipinski definition) is 3. The second kappa shape index (κ2) is 5.55. The summed E-state index contributed by atoms with van der Waals surface area (Å²) in [6, 6.07) is 11.3. The van der Waals surface area contributed by atoms with Crippen molar-refractivity contribution in [1.29, 1.82) is 5.26 Å². The molecular formula is C11H10N2O2. The number of nitriles is 1. The number of rotatable bonds is 4. The molecular weight excluding hydrogens is 192 g/mol. The summed E-state index contributed by atoms with van der Waals surface area (Å²) in [5.41, 5.74) is 1.32. The van der Waals surface area contributed by atoms with Gasteiger partial charge in [-0.2, -0.15) is 5.26 Å². The molecule has 0 radical (unpaired) electrons. The van der Waals surface area contributed by atoms with E-state index in [1.807, 2.05) is 36.4 Å². The number of hydrogen-bond donors (Lipinski definition) is 0. The van der Waals surface area contributed by atoms with Crippen LogP contribution in [0.2, 0.25) is 0 Å². The molecule has 0 unspecified atom stereocenters. The first kappa shape index (κ1) is 10.9. The van der Waals surface area contributed by atoms with E-state index in [-0.39, 0.29) is 13.0 Å². The molecule has 0 N–H and O–H groups in total. The topological polar surface area (TPSA) is 66.9 Å². The highest BCUT2D eigenvalue weighted by molar-refractivity contribution is 5.56. The van der Waals surface area contributed by atoms with Gasteiger partial charge < -0.3 is 0 Å². The van der Waals surface area contributed by atoms with Gasteiger partial charge in [-0.25, -0.2) is 0 Å². The maximum atomic E-state index is 10.1. The first-order chi connectivity index (χ1) is 7.22. The van der Waals surface area contributed by atoms with Crippen LogP contribution in [0.1, 0.15) is 12.0 Å². The smallest absolute Gasteiger partial charge is 0.208 e. The quantitative estimate of drug-likeness (QED) is 0.427. The van der Waals surface area contributed by atoms with Crippen LogP contribution in [0.3, 0.4) is 0 Å². The molecule has 4 heteroatoms. The molecule has 76 valence electrons. The highest BCUT2D eigenvalue weighted by Crippen LogP contribution is 2.08. The first-order valence-corrected chi connectivity index (χ1v) is 4.50. The summed E-state index contributed by atoms with van der Waals surface area (Å²) in [7, 11) is 0. The van der Waals surface area contributed by atoms with Crippen LogP contribution in [0, 0.1) is 21.4 Å². The zero-order valence-electron chi connectivity index (χ0n) is 8.09. The van der Waals surface area contributed by atoms with Gasteiger partial charge in [0.05, 0.1) is 6.07 Å². The summed E-state index contributed by atoms with van der Waals surface area (Å²) in [6.07, 6.45) is 1.85. The van der Waals surface area contributed by atoms with Gasteiger partial charge >= 0.3 is 0 Å². The lowest BCUT2D eigenvalue weighted by atomic mass is 10.1. The molecule has 0 saturated carbocycles. The van der Waals surface area contributed by atoms with E-state index in [0.29, 0.717) is 5.57 Å². The van der Waals surface area contributed by atoms with Crippen molar-refractivity contribution in [3.05, 3.63) is 51.6 Å². The van der Waals surface area contributed by atoms with Gasteiger partial charge in [-0.1, -0.05) is 30.3 Å². The zero-order valence-corrected chi connectivity index (χ0v) is 8.09. The third-order valence-corrected chi connectivity index (χ3v) is 1.85. The molecule has 0 saturated heterocycles. The Morgan fingerprint density at radius 3 is 2.67 bits per heavy atom. The molecule has 0 aliphatic carbocycles. The van der Waals surface area contributed by atoms with E-state index in [0.717, 1.165) is 5.56 Å². The SMILES string of the molecule is N#C/C(=C/c1ccccc1)CC[N+](=O)[O-]. The molecule has 4 nitrogen and oxygen atoms in total. The van der Waals surface area contributed by atoms with Crippen molar-refractivity contribution in [2.24, 2.45) is 0 Å². The van der Waals surface area contributed by atoms with Gasteiger partial charge in [-0.15, -0.1) is 0 Å². The molecule has 1 aromatic rings. The lowest BCUT2D eigenvalue weighted by Crippen LogP contribution is -2.00. The van der Waals surface area contributed by atoms with Crippen molar-refractivity contribution >= 4 is 6.08 Å². The van der Waals surface area contributed by atoms with Crippen LogP contribution in [0.4, 0.5) is 0 Å². The van der Waals surface area contributed by atoms with Gasteiger partial charge in [0.2, 0.25) is 6.54 Å². The third-order valence-electron chi connectivity index (χ3n) is 1.85. The van der Waals surface area contributed by atoms with Crippen LogP contribution in [-0.2, 0) is 0 Å². The zero-order chi connectivity index (χ0) is 11.1. The maximum Gasteiger partial charge on any atom is 0.208 e. The maximum absolute atomic E-state index is 10.1. The molecule has 0 heterocycles. The Bertz CT molecular complexity index is 404. The summed E-state index contributed by atoms with van der Waals surface area (Å²) in [5.74, 6) is 0. The third kappa shape index (κ3) is 4.05. The van der Waals surface area contributed by atoms with Gasteiger partial charge in [0.15, 0.2) is 0 Å². The molecule has 0 atom stereocenters. The predicted molar refractivity (Wildman–Crippen MR) is 56.5 cm³/mol. The Kier molecular flexibility index (Phi) is 4.05. The average Bonchev–Trinajstić information content (AvgIpc) is 2.25. The monoisotopic (exact) mass is 202 g/mol. The summed E-state index contributed by atoms with van der Waals surface area (Å²) in [6.45, 7) is -0.202. The Morgan fingerprint density at radius 1 is 1.47 bits per heavy atom. The summed E-state index contributed by atoms with van der Waals surface area (Å²) in [5, 5.41) is 18.9. The van der Waals surface area contributed by atoms with E-state index in [1.165, 1.54) is 0 Å². The highest BCUT2D eigenvalue weighted by atomic mass is 16.6. The van der Waals surface area contributed by atoms with Crippen LogP contribution in [-0.4, -0.2) is 11.5 Å². The Balaban J connectivity index is 2.71. The summed E-state index contributed by atoms with van der Waals surface area (Å²) in [4.78, 5) is 9.72. The lowest BCUT2D eigenvalue weighted by molar-refractivity contribution is -0.479. The molecule has 0 bridgehead atoms. The lowest BCUT2D eigenvalue weighted by Gasteiger charge is -1.95. The minimum absolute atomic E-state index is 0.179. The van der Waals surface area contributed by atoms with Crippen LogP contribution < -0.4 is 0 Å². The van der Waals surface area contributed by atoms with Crippen LogP contribution >= 0.6 is 0 Å². The Hall–Kier alpha value is -2.15. The van der Waals surface area contributed by atoms with Crippen LogP contribution in [0.15, 0.2) is 35.9 Å². The molecule has 0 spiro atoms. The van der Waals surface area contributed by atoms with Gasteiger partial charge in [-0.3, -0.25) is 10.1 Å². The van der Waals surface area contributed by atoms with E-state index >= 15 is 0 Å². The number of nitro groups is 1. The predicted octanol–water partition coefficient (Wildman–Crippen LogP) is 2.26. The van der Waals surface area contributed by atoms with E-state index in [9.17, 15) is 10.1 Å². The fourth-order valence-electron chi connectivity index (χ4n) is 1.12. The Morgan fingerprint density at radius 2 is 2.13 bits per heavy atom. The standard InChI is InChI=1S/C11H10N2O2/c12-9-11(6-7-13(14)15)8-10-4-2-1-3-5-10/h1-5,8H,6-7H2/b11-8+. The normalized spacial score (nSPS) is 10.7. The van der Waals surface area contributed by atoms with Gasteiger partial charge in [0.1, 0.15) is 0 Å². The van der Waals surface area contributed by atoms with E-state index in [1.54, 1.807) is 6.08 Å². The molecule has 0 aromatic heterocycles. The molecule has 15 heavy (non-hydrogen) atoms. The second-order valence-corrected chi connectivity index (χ2v) is 3.00. The van der Waals surface area contributed by atoms with E-state index in [2.05, 4.69) is 0 Å². The molecule has 0 amide bonds. The molecule has 0 fully saturated rings. The highest BCUT2D eigenvalue weighted by Gasteiger charge is 2.02. The van der Waals surface area contributed by atoms with Crippen molar-refractivity contribution in [2.75, 3.05) is 6.54 Å². The summed E-state index contributed by atoms with van der Waals surface area (Å²) < 4.78 is 0. The molecule has 1 aromatic carbocycles. The van der Waals surface area contributed by atoms with Gasteiger partial charge in [-0.05, 0) is 11.6 Å². The van der Waals surface area contributed by atoms with Crippen LogP contribution in [0.25, 0.3) is 6.08 Å². The first-order valence-electron chi connectivity index (χ1n) is 4.50. The Labute approximate surface area is 87.6 Å². The largest absolute Gasteiger partial charge is 0.265 e. The minimum atomic E-state index is -0.420. The van der Waals surface area contributed by atoms with Crippen molar-refractivity contribution in [2.45, 2.75) is 6.42 Å². The molecule has 0 aliphatic rings. The number of benzene rings is 1. The van der Waals surface area contributed by atoms with E-state index < -0.39 is 4.92 Å². The van der Waals surface area contributed by atoms with Crippen molar-refractivity contribution in [3.8, 4) is 6.07 Å².